The molecule has 0 aromatic carbocycles. The Morgan fingerprint density at radius 1 is 1.11 bits per heavy atom. The molecule has 0 aliphatic rings. The van der Waals surface area contributed by atoms with Crippen LogP contribution in [0.1, 0.15) is 26.7 Å². The fourth-order valence-electron chi connectivity index (χ4n) is 1.34. The van der Waals surface area contributed by atoms with Crippen molar-refractivity contribution < 1.29 is 22.8 Å². The summed E-state index contributed by atoms with van der Waals surface area (Å²) in [5.41, 5.74) is 0. The zero-order chi connectivity index (χ0) is 14.2. The van der Waals surface area contributed by atoms with Crippen molar-refractivity contribution in [3.05, 3.63) is 0 Å². The average molecular weight is 390 g/mol. The molecule has 0 bridgehead atoms. The minimum absolute atomic E-state index is 0.183. The van der Waals surface area contributed by atoms with E-state index in [2.05, 4.69) is 22.6 Å². The van der Waals surface area contributed by atoms with E-state index in [9.17, 15) is 4.79 Å². The van der Waals surface area contributed by atoms with E-state index in [-0.39, 0.29) is 5.97 Å². The number of ether oxygens (including phenoxy) is 1. The number of carbonyl (C=O) groups is 1. The van der Waals surface area contributed by atoms with Gasteiger partial charge in [0.15, 0.2) is 0 Å². The molecule has 108 valence electrons. The second kappa shape index (κ2) is 8.46. The molecule has 0 amide bonds. The average Bonchev–Trinajstić information content (AvgIpc) is 2.33. The van der Waals surface area contributed by atoms with Crippen molar-refractivity contribution in [1.29, 1.82) is 0 Å². The van der Waals surface area contributed by atoms with Gasteiger partial charge < -0.3 is 18.0 Å². The highest BCUT2D eigenvalue weighted by Crippen LogP contribution is 2.19. The Labute approximate surface area is 124 Å². The first-order chi connectivity index (χ1) is 8.31. The van der Waals surface area contributed by atoms with Gasteiger partial charge in [-0.25, -0.2) is 0 Å². The van der Waals surface area contributed by atoms with E-state index in [0.717, 1.165) is 18.9 Å². The molecule has 0 aliphatic carbocycles. The number of esters is 1. The summed E-state index contributed by atoms with van der Waals surface area (Å²) < 4.78 is 20.6. The first kappa shape index (κ1) is 18.3. The van der Waals surface area contributed by atoms with Crippen molar-refractivity contribution in [3.63, 3.8) is 0 Å². The van der Waals surface area contributed by atoms with Gasteiger partial charge in [0.2, 0.25) is 0 Å². The maximum atomic E-state index is 11.5. The largest absolute Gasteiger partial charge is 0.500 e. The van der Waals surface area contributed by atoms with Crippen LogP contribution in [0.15, 0.2) is 0 Å². The van der Waals surface area contributed by atoms with E-state index in [0.29, 0.717) is 6.61 Å². The molecule has 0 heterocycles. The lowest BCUT2D eigenvalue weighted by molar-refractivity contribution is -0.145. The molecule has 0 saturated carbocycles. The van der Waals surface area contributed by atoms with Gasteiger partial charge in [-0.1, -0.05) is 22.6 Å². The van der Waals surface area contributed by atoms with Crippen LogP contribution in [0.2, 0.25) is 6.04 Å². The minimum atomic E-state index is -2.47. The third kappa shape index (κ3) is 6.46. The number of alkyl halides is 1. The van der Waals surface area contributed by atoms with Gasteiger partial charge in [0.05, 0.1) is 6.61 Å². The lowest BCUT2D eigenvalue weighted by atomic mass is 10.2. The lowest BCUT2D eigenvalue weighted by Crippen LogP contribution is -2.42. The topological polar surface area (TPSA) is 54.0 Å². The van der Waals surface area contributed by atoms with E-state index in [1.54, 1.807) is 21.3 Å². The minimum Gasteiger partial charge on any atom is -0.465 e. The summed E-state index contributed by atoms with van der Waals surface area (Å²) in [5.74, 6) is -0.183. The van der Waals surface area contributed by atoms with Crippen molar-refractivity contribution in [2.45, 2.75) is 36.2 Å². The molecule has 0 aromatic heterocycles. The van der Waals surface area contributed by atoms with Crippen LogP contribution < -0.4 is 0 Å². The summed E-state index contributed by atoms with van der Waals surface area (Å²) in [6.45, 7) is 4.08. The van der Waals surface area contributed by atoms with E-state index < -0.39 is 12.2 Å². The predicted molar refractivity (Wildman–Crippen MR) is 79.9 cm³/mol. The SMILES string of the molecule is CO[Si](CCCCOC(=O)C(C)(C)I)(OC)OC. The van der Waals surface area contributed by atoms with Crippen molar-refractivity contribution in [2.24, 2.45) is 0 Å². The smallest absolute Gasteiger partial charge is 0.465 e. The summed E-state index contributed by atoms with van der Waals surface area (Å²) in [5, 5.41) is 0. The number of rotatable bonds is 9. The van der Waals surface area contributed by atoms with Gasteiger partial charge in [-0.2, -0.15) is 0 Å². The Bertz CT molecular complexity index is 242. The first-order valence-corrected chi connectivity index (χ1v) is 8.84. The van der Waals surface area contributed by atoms with Crippen LogP contribution in [0.3, 0.4) is 0 Å². The molecule has 0 fully saturated rings. The third-order valence-electron chi connectivity index (χ3n) is 2.53. The maximum Gasteiger partial charge on any atom is 0.500 e. The van der Waals surface area contributed by atoms with Gasteiger partial charge in [0.25, 0.3) is 0 Å². The summed E-state index contributed by atoms with van der Waals surface area (Å²) in [6.07, 6.45) is 1.62. The van der Waals surface area contributed by atoms with Gasteiger partial charge in [-0.05, 0) is 26.7 Å². The van der Waals surface area contributed by atoms with Gasteiger partial charge in [-0.15, -0.1) is 0 Å². The molecule has 0 rings (SSSR count). The van der Waals surface area contributed by atoms with E-state index in [1.165, 1.54) is 0 Å². The first-order valence-electron chi connectivity index (χ1n) is 5.83. The quantitative estimate of drug-likeness (QED) is 0.199. The molecule has 0 aliphatic heterocycles. The van der Waals surface area contributed by atoms with Gasteiger partial charge in [0, 0.05) is 27.4 Å². The fraction of sp³-hybridized carbons (Fsp3) is 0.909. The van der Waals surface area contributed by atoms with Crippen LogP contribution in [0.5, 0.6) is 0 Å². The van der Waals surface area contributed by atoms with Crippen LogP contribution in [0.4, 0.5) is 0 Å². The fourth-order valence-corrected chi connectivity index (χ4v) is 3.29. The van der Waals surface area contributed by atoms with Crippen molar-refractivity contribution in [2.75, 3.05) is 27.9 Å². The number of unbranched alkanes of at least 4 members (excludes halogenated alkanes) is 1. The Hall–Kier alpha value is 0.297. The summed E-state index contributed by atoms with van der Waals surface area (Å²) >= 11 is 2.07. The number of carbonyl (C=O) groups excluding carboxylic acids is 1. The molecule has 0 atom stereocenters. The van der Waals surface area contributed by atoms with Crippen molar-refractivity contribution in [3.8, 4) is 0 Å². The van der Waals surface area contributed by atoms with Gasteiger partial charge >= 0.3 is 14.8 Å². The molecule has 18 heavy (non-hydrogen) atoms. The second-order valence-electron chi connectivity index (χ2n) is 4.36. The van der Waals surface area contributed by atoms with Crippen molar-refractivity contribution >= 4 is 37.4 Å². The molecule has 0 unspecified atom stereocenters. The highest BCUT2D eigenvalue weighted by atomic mass is 127. The Morgan fingerprint density at radius 3 is 2.00 bits per heavy atom. The number of hydrogen-bond donors (Lipinski definition) is 0. The molecular weight excluding hydrogens is 367 g/mol. The second-order valence-corrected chi connectivity index (χ2v) is 10.1. The maximum absolute atomic E-state index is 11.5. The van der Waals surface area contributed by atoms with Crippen LogP contribution in [-0.4, -0.2) is 46.1 Å². The van der Waals surface area contributed by atoms with Crippen LogP contribution in [0.25, 0.3) is 0 Å². The monoisotopic (exact) mass is 390 g/mol. The zero-order valence-electron chi connectivity index (χ0n) is 11.7. The highest BCUT2D eigenvalue weighted by Gasteiger charge is 2.36. The molecule has 7 heteroatoms. The molecule has 5 nitrogen and oxygen atoms in total. The van der Waals surface area contributed by atoms with E-state index >= 15 is 0 Å². The molecule has 0 N–H and O–H groups in total. The molecular formula is C11H23IO5Si. The van der Waals surface area contributed by atoms with Crippen LogP contribution in [-0.2, 0) is 22.8 Å². The summed E-state index contributed by atoms with van der Waals surface area (Å²) in [4.78, 5) is 11.5. The van der Waals surface area contributed by atoms with Crippen molar-refractivity contribution in [1.82, 2.24) is 0 Å². The lowest BCUT2D eigenvalue weighted by Gasteiger charge is -2.24. The molecule has 0 radical (unpaired) electrons. The molecule has 0 spiro atoms. The summed E-state index contributed by atoms with van der Waals surface area (Å²) in [6, 6.07) is 0.724. The molecule has 0 aromatic rings. The Morgan fingerprint density at radius 2 is 1.61 bits per heavy atom. The number of halogens is 1. The van der Waals surface area contributed by atoms with Gasteiger partial charge in [0.1, 0.15) is 3.42 Å². The summed E-state index contributed by atoms with van der Waals surface area (Å²) in [7, 11) is 2.31. The van der Waals surface area contributed by atoms with E-state index in [4.69, 9.17) is 18.0 Å². The molecule has 0 saturated heterocycles. The van der Waals surface area contributed by atoms with Crippen LogP contribution in [0, 0.1) is 0 Å². The highest BCUT2D eigenvalue weighted by molar-refractivity contribution is 14.1. The third-order valence-corrected chi connectivity index (χ3v) is 5.80. The van der Waals surface area contributed by atoms with Gasteiger partial charge in [-0.3, -0.25) is 4.79 Å². The standard InChI is InChI=1S/C11H23IO5Si/c1-11(2,12)10(13)17-8-6-7-9-18(14-3,15-4)16-5/h6-9H2,1-5H3. The Kier molecular flexibility index (Phi) is 8.60. The Balaban J connectivity index is 3.84. The van der Waals surface area contributed by atoms with Crippen LogP contribution >= 0.6 is 22.6 Å². The number of hydrogen-bond acceptors (Lipinski definition) is 5. The predicted octanol–water partition coefficient (Wildman–Crippen LogP) is 2.40. The zero-order valence-corrected chi connectivity index (χ0v) is 14.9. The normalized spacial score (nSPS) is 12.6. The van der Waals surface area contributed by atoms with E-state index in [1.807, 2.05) is 13.8 Å².